The second-order valence-corrected chi connectivity index (χ2v) is 6.28. The zero-order valence-corrected chi connectivity index (χ0v) is 13.8. The highest BCUT2D eigenvalue weighted by atomic mass is 32.1. The second-order valence-electron chi connectivity index (χ2n) is 5.42. The van der Waals surface area contributed by atoms with E-state index in [-0.39, 0.29) is 5.56 Å². The molecule has 0 saturated heterocycles. The Kier molecular flexibility index (Phi) is 5.12. The van der Waals surface area contributed by atoms with Crippen molar-refractivity contribution in [1.29, 1.82) is 0 Å². The van der Waals surface area contributed by atoms with Crippen molar-refractivity contribution in [2.75, 3.05) is 5.32 Å². The van der Waals surface area contributed by atoms with Crippen molar-refractivity contribution in [2.24, 2.45) is 0 Å². The maximum Gasteiger partial charge on any atom is 0.276 e. The van der Waals surface area contributed by atoms with Crippen LogP contribution in [0.1, 0.15) is 39.3 Å². The normalized spacial score (nSPS) is 11.1. The minimum atomic E-state index is -0.0598. The van der Waals surface area contributed by atoms with E-state index in [2.05, 4.69) is 36.2 Å². The summed E-state index contributed by atoms with van der Waals surface area (Å²) in [6, 6.07) is 2.14. The molecule has 0 amide bonds. The van der Waals surface area contributed by atoms with Gasteiger partial charge < -0.3 is 5.32 Å². The van der Waals surface area contributed by atoms with Gasteiger partial charge in [-0.3, -0.25) is 4.79 Å². The van der Waals surface area contributed by atoms with Gasteiger partial charge in [0, 0.05) is 18.0 Å². The topological polar surface area (TPSA) is 59.8 Å². The molecule has 0 saturated carbocycles. The Hall–Kier alpha value is -1.69. The number of nitrogens with zero attached hydrogens (tertiary/aromatic N) is 3. The quantitative estimate of drug-likeness (QED) is 0.889. The van der Waals surface area contributed by atoms with Crippen molar-refractivity contribution in [3.05, 3.63) is 27.5 Å². The Bertz CT molecular complexity index is 660. The van der Waals surface area contributed by atoms with E-state index in [1.165, 1.54) is 11.3 Å². The van der Waals surface area contributed by atoms with Crippen molar-refractivity contribution < 1.29 is 0 Å². The van der Waals surface area contributed by atoms with Gasteiger partial charge in [-0.15, -0.1) is 11.3 Å². The Morgan fingerprint density at radius 3 is 2.86 bits per heavy atom. The Labute approximate surface area is 129 Å². The van der Waals surface area contributed by atoms with Crippen LogP contribution >= 0.6 is 11.3 Å². The minimum absolute atomic E-state index is 0.0598. The molecule has 2 aromatic rings. The number of thiazole rings is 1. The molecule has 0 aliphatic rings. The predicted octanol–water partition coefficient (Wildman–Crippen LogP) is 3.30. The number of nitrogens with one attached hydrogen (secondary N) is 1. The zero-order chi connectivity index (χ0) is 15.4. The molecule has 2 rings (SSSR count). The average molecular weight is 306 g/mol. The SMILES string of the molecule is CCCCn1nc(C)cc(-c2csc(NC(C)C)n2)c1=O. The fourth-order valence-electron chi connectivity index (χ4n) is 2.03. The molecular weight excluding hydrogens is 284 g/mol. The van der Waals surface area contributed by atoms with Crippen LogP contribution in [0.2, 0.25) is 0 Å². The van der Waals surface area contributed by atoms with Gasteiger partial charge in [-0.25, -0.2) is 9.67 Å². The smallest absolute Gasteiger partial charge is 0.276 e. The van der Waals surface area contributed by atoms with Crippen LogP contribution in [-0.2, 0) is 6.54 Å². The maximum absolute atomic E-state index is 12.5. The summed E-state index contributed by atoms with van der Waals surface area (Å²) in [5.41, 5.74) is 2.14. The monoisotopic (exact) mass is 306 g/mol. The Morgan fingerprint density at radius 2 is 2.19 bits per heavy atom. The van der Waals surface area contributed by atoms with Crippen molar-refractivity contribution in [3.63, 3.8) is 0 Å². The molecule has 5 nitrogen and oxygen atoms in total. The van der Waals surface area contributed by atoms with Crippen LogP contribution in [0.4, 0.5) is 5.13 Å². The minimum Gasteiger partial charge on any atom is -0.359 e. The molecule has 2 heterocycles. The van der Waals surface area contributed by atoms with E-state index in [4.69, 9.17) is 0 Å². The van der Waals surface area contributed by atoms with E-state index < -0.39 is 0 Å². The van der Waals surface area contributed by atoms with Gasteiger partial charge in [0.05, 0.1) is 17.0 Å². The third-order valence-electron chi connectivity index (χ3n) is 3.01. The molecule has 6 heteroatoms. The lowest BCUT2D eigenvalue weighted by atomic mass is 10.2. The fourth-order valence-corrected chi connectivity index (χ4v) is 2.89. The van der Waals surface area contributed by atoms with Crippen LogP contribution in [0.3, 0.4) is 0 Å². The van der Waals surface area contributed by atoms with Gasteiger partial charge in [0.2, 0.25) is 0 Å². The van der Waals surface area contributed by atoms with Crippen LogP contribution in [0.15, 0.2) is 16.2 Å². The van der Waals surface area contributed by atoms with Gasteiger partial charge in [0.15, 0.2) is 5.13 Å². The summed E-state index contributed by atoms with van der Waals surface area (Å²) >= 11 is 1.52. The number of aryl methyl sites for hydroxylation is 2. The molecule has 0 aliphatic heterocycles. The average Bonchev–Trinajstić information content (AvgIpc) is 2.86. The van der Waals surface area contributed by atoms with E-state index >= 15 is 0 Å². The van der Waals surface area contributed by atoms with Crippen LogP contribution in [0.5, 0.6) is 0 Å². The van der Waals surface area contributed by atoms with Gasteiger partial charge in [-0.2, -0.15) is 5.10 Å². The summed E-state index contributed by atoms with van der Waals surface area (Å²) in [5, 5.41) is 10.3. The summed E-state index contributed by atoms with van der Waals surface area (Å²) in [5.74, 6) is 0. The van der Waals surface area contributed by atoms with E-state index in [1.807, 2.05) is 18.4 Å². The van der Waals surface area contributed by atoms with Gasteiger partial charge in [-0.05, 0) is 33.3 Å². The molecule has 0 fully saturated rings. The molecule has 114 valence electrons. The molecule has 0 unspecified atom stereocenters. The summed E-state index contributed by atoms with van der Waals surface area (Å²) < 4.78 is 1.56. The maximum atomic E-state index is 12.5. The highest BCUT2D eigenvalue weighted by Crippen LogP contribution is 2.23. The largest absolute Gasteiger partial charge is 0.359 e. The molecule has 0 bridgehead atoms. The van der Waals surface area contributed by atoms with E-state index in [9.17, 15) is 4.79 Å². The molecule has 2 aromatic heterocycles. The standard InChI is InChI=1S/C15H22N4OS/c1-5-6-7-19-14(20)12(8-11(4)18-19)13-9-21-15(17-13)16-10(2)3/h8-10H,5-7H2,1-4H3,(H,16,17). The van der Waals surface area contributed by atoms with Crippen molar-refractivity contribution in [2.45, 2.75) is 53.1 Å². The number of rotatable bonds is 6. The van der Waals surface area contributed by atoms with Gasteiger partial charge in [-0.1, -0.05) is 13.3 Å². The molecular formula is C15H22N4OS. The number of aromatic nitrogens is 3. The van der Waals surface area contributed by atoms with E-state index in [0.29, 0.717) is 18.2 Å². The highest BCUT2D eigenvalue weighted by Gasteiger charge is 2.12. The first kappa shape index (κ1) is 15.7. The summed E-state index contributed by atoms with van der Waals surface area (Å²) in [6.45, 7) is 8.80. The molecule has 21 heavy (non-hydrogen) atoms. The lowest BCUT2D eigenvalue weighted by Crippen LogP contribution is -2.25. The number of hydrogen-bond acceptors (Lipinski definition) is 5. The van der Waals surface area contributed by atoms with E-state index in [1.54, 1.807) is 4.68 Å². The number of hydrogen-bond donors (Lipinski definition) is 1. The lowest BCUT2D eigenvalue weighted by Gasteiger charge is -2.07. The third kappa shape index (κ3) is 3.91. The van der Waals surface area contributed by atoms with Gasteiger partial charge in [0.1, 0.15) is 0 Å². The van der Waals surface area contributed by atoms with Crippen LogP contribution in [0.25, 0.3) is 11.3 Å². The first-order valence-corrected chi connectivity index (χ1v) is 8.20. The second kappa shape index (κ2) is 6.85. The molecule has 0 aromatic carbocycles. The third-order valence-corrected chi connectivity index (χ3v) is 3.79. The Morgan fingerprint density at radius 1 is 1.43 bits per heavy atom. The zero-order valence-electron chi connectivity index (χ0n) is 13.0. The number of anilines is 1. The molecule has 0 radical (unpaired) electrons. The molecule has 0 atom stereocenters. The predicted molar refractivity (Wildman–Crippen MR) is 88.0 cm³/mol. The van der Waals surface area contributed by atoms with Crippen molar-refractivity contribution >= 4 is 16.5 Å². The fraction of sp³-hybridized carbons (Fsp3) is 0.533. The summed E-state index contributed by atoms with van der Waals surface area (Å²) in [7, 11) is 0. The van der Waals surface area contributed by atoms with Gasteiger partial charge in [0.25, 0.3) is 5.56 Å². The van der Waals surface area contributed by atoms with Crippen molar-refractivity contribution in [3.8, 4) is 11.3 Å². The Balaban J connectivity index is 2.36. The summed E-state index contributed by atoms with van der Waals surface area (Å²) in [6.07, 6.45) is 1.99. The summed E-state index contributed by atoms with van der Waals surface area (Å²) in [4.78, 5) is 17.0. The highest BCUT2D eigenvalue weighted by molar-refractivity contribution is 7.14. The molecule has 0 aliphatic carbocycles. The lowest BCUT2D eigenvalue weighted by molar-refractivity contribution is 0.538. The van der Waals surface area contributed by atoms with E-state index in [0.717, 1.165) is 29.4 Å². The van der Waals surface area contributed by atoms with Crippen LogP contribution < -0.4 is 10.9 Å². The van der Waals surface area contributed by atoms with Crippen LogP contribution in [0, 0.1) is 6.92 Å². The van der Waals surface area contributed by atoms with Crippen molar-refractivity contribution in [1.82, 2.24) is 14.8 Å². The molecule has 1 N–H and O–H groups in total. The first-order valence-electron chi connectivity index (χ1n) is 7.32. The number of unbranched alkanes of at least 4 members (excludes halogenated alkanes) is 1. The van der Waals surface area contributed by atoms with Crippen LogP contribution in [-0.4, -0.2) is 20.8 Å². The van der Waals surface area contributed by atoms with Gasteiger partial charge >= 0.3 is 0 Å². The first-order chi connectivity index (χ1) is 10.0. The molecule has 0 spiro atoms.